The molecule has 0 saturated carbocycles. The third-order valence-electron chi connectivity index (χ3n) is 3.63. The highest BCUT2D eigenvalue weighted by Gasteiger charge is 2.31. The third kappa shape index (κ3) is 4.77. The molecule has 0 saturated heterocycles. The zero-order valence-corrected chi connectivity index (χ0v) is 13.7. The Labute approximate surface area is 128 Å². The second kappa shape index (κ2) is 7.49. The smallest absolute Gasteiger partial charge is 0.311 e. The van der Waals surface area contributed by atoms with Crippen molar-refractivity contribution < 1.29 is 19.2 Å². The highest BCUT2D eigenvalue weighted by atomic mass is 32.2. The van der Waals surface area contributed by atoms with Crippen LogP contribution in [0.5, 0.6) is 0 Å². The minimum Gasteiger partial charge on any atom is -0.481 e. The van der Waals surface area contributed by atoms with Crippen molar-refractivity contribution in [2.45, 2.75) is 39.9 Å². The number of carbonyl (C=O) groups is 2. The lowest BCUT2D eigenvalue weighted by Gasteiger charge is -2.23. The lowest BCUT2D eigenvalue weighted by molar-refractivity contribution is -0.148. The number of amides is 1. The van der Waals surface area contributed by atoms with Gasteiger partial charge in [-0.15, -0.1) is 11.8 Å². The van der Waals surface area contributed by atoms with Crippen molar-refractivity contribution >= 4 is 23.6 Å². The molecule has 21 heavy (non-hydrogen) atoms. The standard InChI is InChI=1S/C14H22N2O4S/c1-5-14(4,13(18)19)8-15-12(17)7-21-6-11-9(2)16-20-10(11)3/h5-8H2,1-4H3,(H,15,17)(H,18,19). The Morgan fingerprint density at radius 3 is 2.57 bits per heavy atom. The quantitative estimate of drug-likeness (QED) is 0.763. The van der Waals surface area contributed by atoms with Crippen molar-refractivity contribution in [1.29, 1.82) is 0 Å². The highest BCUT2D eigenvalue weighted by molar-refractivity contribution is 7.99. The molecule has 0 fully saturated rings. The minimum atomic E-state index is -0.915. The number of hydrogen-bond donors (Lipinski definition) is 2. The first-order valence-corrected chi connectivity index (χ1v) is 7.95. The molecule has 0 aromatic carbocycles. The number of aromatic nitrogens is 1. The van der Waals surface area contributed by atoms with E-state index in [9.17, 15) is 9.59 Å². The van der Waals surface area contributed by atoms with Crippen LogP contribution in [0.3, 0.4) is 0 Å². The molecule has 7 heteroatoms. The van der Waals surface area contributed by atoms with E-state index in [1.165, 1.54) is 11.8 Å². The van der Waals surface area contributed by atoms with Crippen LogP contribution >= 0.6 is 11.8 Å². The van der Waals surface area contributed by atoms with Crippen LogP contribution in [-0.2, 0) is 15.3 Å². The molecule has 0 aliphatic heterocycles. The van der Waals surface area contributed by atoms with Crippen LogP contribution < -0.4 is 5.32 Å². The molecule has 1 aromatic heterocycles. The normalized spacial score (nSPS) is 13.7. The van der Waals surface area contributed by atoms with Crippen LogP contribution in [0, 0.1) is 19.3 Å². The molecule has 0 radical (unpaired) electrons. The highest BCUT2D eigenvalue weighted by Crippen LogP contribution is 2.21. The van der Waals surface area contributed by atoms with Gasteiger partial charge in [0.15, 0.2) is 0 Å². The summed E-state index contributed by atoms with van der Waals surface area (Å²) < 4.78 is 5.06. The Kier molecular flexibility index (Phi) is 6.26. The van der Waals surface area contributed by atoms with Gasteiger partial charge in [-0.25, -0.2) is 0 Å². The predicted octanol–water partition coefficient (Wildman–Crippen LogP) is 2.14. The Morgan fingerprint density at radius 2 is 2.10 bits per heavy atom. The summed E-state index contributed by atoms with van der Waals surface area (Å²) in [5.74, 6) is 0.647. The molecule has 0 aliphatic carbocycles. The second-order valence-corrected chi connectivity index (χ2v) is 6.28. The van der Waals surface area contributed by atoms with Gasteiger partial charge in [0, 0.05) is 17.9 Å². The maximum atomic E-state index is 11.8. The Balaban J connectivity index is 2.37. The Bertz CT molecular complexity index is 496. The number of aryl methyl sites for hydroxylation is 2. The first-order chi connectivity index (χ1) is 9.80. The van der Waals surface area contributed by atoms with E-state index >= 15 is 0 Å². The van der Waals surface area contributed by atoms with Crippen molar-refractivity contribution in [2.75, 3.05) is 12.3 Å². The monoisotopic (exact) mass is 314 g/mol. The topological polar surface area (TPSA) is 92.4 Å². The number of carboxylic acid groups (broad SMARTS) is 1. The number of carboxylic acids is 1. The number of hydrogen-bond acceptors (Lipinski definition) is 5. The molecular formula is C14H22N2O4S. The number of nitrogens with zero attached hydrogens (tertiary/aromatic N) is 1. The van der Waals surface area contributed by atoms with Crippen LogP contribution in [0.4, 0.5) is 0 Å². The lowest BCUT2D eigenvalue weighted by atomic mass is 9.88. The van der Waals surface area contributed by atoms with E-state index in [2.05, 4.69) is 10.5 Å². The number of rotatable bonds is 8. The van der Waals surface area contributed by atoms with Gasteiger partial charge in [0.1, 0.15) is 5.76 Å². The van der Waals surface area contributed by atoms with Gasteiger partial charge in [-0.1, -0.05) is 12.1 Å². The van der Waals surface area contributed by atoms with Gasteiger partial charge in [0.2, 0.25) is 5.91 Å². The zero-order valence-electron chi connectivity index (χ0n) is 12.9. The van der Waals surface area contributed by atoms with Gasteiger partial charge in [0.25, 0.3) is 0 Å². The summed E-state index contributed by atoms with van der Waals surface area (Å²) in [7, 11) is 0. The van der Waals surface area contributed by atoms with Crippen molar-refractivity contribution in [2.24, 2.45) is 5.41 Å². The fourth-order valence-corrected chi connectivity index (χ4v) is 2.66. The summed E-state index contributed by atoms with van der Waals surface area (Å²) in [5.41, 5.74) is 0.934. The summed E-state index contributed by atoms with van der Waals surface area (Å²) in [6, 6.07) is 0. The molecule has 1 heterocycles. The molecule has 1 aromatic rings. The first-order valence-electron chi connectivity index (χ1n) is 6.79. The maximum absolute atomic E-state index is 11.8. The van der Waals surface area contributed by atoms with Crippen LogP contribution in [0.15, 0.2) is 4.52 Å². The van der Waals surface area contributed by atoms with Crippen molar-refractivity contribution in [3.63, 3.8) is 0 Å². The maximum Gasteiger partial charge on any atom is 0.311 e. The Hall–Kier alpha value is -1.50. The molecule has 1 atom stereocenters. The van der Waals surface area contributed by atoms with E-state index in [1.54, 1.807) is 13.8 Å². The number of nitrogens with one attached hydrogen (secondary N) is 1. The van der Waals surface area contributed by atoms with Gasteiger partial charge < -0.3 is 14.9 Å². The van der Waals surface area contributed by atoms with Crippen molar-refractivity contribution in [3.8, 4) is 0 Å². The molecule has 6 nitrogen and oxygen atoms in total. The molecule has 2 N–H and O–H groups in total. The number of aliphatic carboxylic acids is 1. The van der Waals surface area contributed by atoms with Crippen LogP contribution in [-0.4, -0.2) is 34.4 Å². The Morgan fingerprint density at radius 1 is 1.43 bits per heavy atom. The average Bonchev–Trinajstić information content (AvgIpc) is 2.76. The second-order valence-electron chi connectivity index (χ2n) is 5.29. The van der Waals surface area contributed by atoms with E-state index in [-0.39, 0.29) is 18.2 Å². The summed E-state index contributed by atoms with van der Waals surface area (Å²) in [4.78, 5) is 22.9. The summed E-state index contributed by atoms with van der Waals surface area (Å²) in [5, 5.41) is 15.7. The van der Waals surface area contributed by atoms with Gasteiger partial charge in [0.05, 0.1) is 16.9 Å². The van der Waals surface area contributed by atoms with Gasteiger partial charge in [-0.05, 0) is 27.2 Å². The van der Waals surface area contributed by atoms with Crippen molar-refractivity contribution in [1.82, 2.24) is 10.5 Å². The summed E-state index contributed by atoms with van der Waals surface area (Å²) >= 11 is 1.45. The van der Waals surface area contributed by atoms with Gasteiger partial charge in [-0.3, -0.25) is 9.59 Å². The SMILES string of the molecule is CCC(C)(CNC(=O)CSCc1c(C)noc1C)C(=O)O. The van der Waals surface area contributed by atoms with Crippen LogP contribution in [0.25, 0.3) is 0 Å². The summed E-state index contributed by atoms with van der Waals surface area (Å²) in [6.45, 7) is 7.28. The lowest BCUT2D eigenvalue weighted by Crippen LogP contribution is -2.41. The van der Waals surface area contributed by atoms with Crippen LogP contribution in [0.2, 0.25) is 0 Å². The number of carbonyl (C=O) groups excluding carboxylic acids is 1. The van der Waals surface area contributed by atoms with Crippen molar-refractivity contribution in [3.05, 3.63) is 17.0 Å². The molecule has 1 rings (SSSR count). The van der Waals surface area contributed by atoms with E-state index < -0.39 is 11.4 Å². The predicted molar refractivity (Wildman–Crippen MR) is 81.2 cm³/mol. The molecule has 0 spiro atoms. The van der Waals surface area contributed by atoms with E-state index in [0.29, 0.717) is 12.2 Å². The van der Waals surface area contributed by atoms with E-state index in [0.717, 1.165) is 17.0 Å². The van der Waals surface area contributed by atoms with E-state index in [4.69, 9.17) is 9.63 Å². The third-order valence-corrected chi connectivity index (χ3v) is 4.59. The molecule has 118 valence electrons. The molecular weight excluding hydrogens is 292 g/mol. The average molecular weight is 314 g/mol. The largest absolute Gasteiger partial charge is 0.481 e. The molecule has 0 bridgehead atoms. The summed E-state index contributed by atoms with van der Waals surface area (Å²) in [6.07, 6.45) is 0.467. The fraction of sp³-hybridized carbons (Fsp3) is 0.643. The van der Waals surface area contributed by atoms with Crippen LogP contribution in [0.1, 0.15) is 37.3 Å². The molecule has 0 aliphatic rings. The van der Waals surface area contributed by atoms with Gasteiger partial charge >= 0.3 is 5.97 Å². The first kappa shape index (κ1) is 17.6. The fourth-order valence-electron chi connectivity index (χ4n) is 1.65. The van der Waals surface area contributed by atoms with Gasteiger partial charge in [-0.2, -0.15) is 0 Å². The minimum absolute atomic E-state index is 0.142. The van der Waals surface area contributed by atoms with E-state index in [1.807, 2.05) is 13.8 Å². The zero-order chi connectivity index (χ0) is 16.0. The molecule has 1 unspecified atom stereocenters. The number of thioether (sulfide) groups is 1. The molecule has 1 amide bonds.